The van der Waals surface area contributed by atoms with Crippen LogP contribution in [-0.4, -0.2) is 41.4 Å². The summed E-state index contributed by atoms with van der Waals surface area (Å²) in [4.78, 5) is 9.97. The monoisotopic (exact) mass is 149 g/mol. The second-order valence-corrected chi connectivity index (χ2v) is 3.97. The number of hydrogen-bond donors (Lipinski definition) is 2. The molecule has 0 heterocycles. The van der Waals surface area contributed by atoms with E-state index in [4.69, 9.17) is 10.2 Å². The predicted molar refractivity (Wildman–Crippen MR) is 38.5 cm³/mol. The van der Waals surface area contributed by atoms with Crippen LogP contribution in [0.2, 0.25) is 0 Å². The molecular weight excluding hydrogens is 139 g/mol. The molecule has 0 saturated heterocycles. The Hall–Kier alpha value is -0.400. The molecule has 2 atom stereocenters. The summed E-state index contributed by atoms with van der Waals surface area (Å²) in [7, 11) is -0.553. The molecule has 0 aromatic rings. The van der Waals surface area contributed by atoms with Crippen LogP contribution in [0.3, 0.4) is 0 Å². The molecule has 0 aromatic carbocycles. The molecule has 0 aliphatic rings. The molecule has 2 N–H and O–H groups in total. The number of aliphatic hydroxyl groups excluding tert-OH is 1. The first-order chi connectivity index (χ1) is 4.04. The van der Waals surface area contributed by atoms with Gasteiger partial charge in [-0.25, -0.2) is 4.79 Å². The first-order valence-electron chi connectivity index (χ1n) is 2.46. The van der Waals surface area contributed by atoms with E-state index >= 15 is 0 Å². The molecule has 0 amide bonds. The highest BCUT2D eigenvalue weighted by Crippen LogP contribution is 2.13. The summed E-state index contributed by atoms with van der Waals surface area (Å²) >= 11 is 0. The summed E-state index contributed by atoms with van der Waals surface area (Å²) in [5.74, 6) is -1.16. The van der Waals surface area contributed by atoms with Gasteiger partial charge in [0.1, 0.15) is 6.16 Å². The second-order valence-electron chi connectivity index (χ2n) is 1.89. The number of aliphatic hydroxyl groups is 1. The van der Waals surface area contributed by atoms with Gasteiger partial charge in [0.05, 0.1) is 20.5 Å². The van der Waals surface area contributed by atoms with Crippen molar-refractivity contribution < 1.29 is 15.0 Å². The smallest absolute Gasteiger partial charge is 0.336 e. The van der Waals surface area contributed by atoms with Crippen molar-refractivity contribution in [1.29, 1.82) is 0 Å². The Morgan fingerprint density at radius 1 is 1.89 bits per heavy atom. The summed E-state index contributed by atoms with van der Waals surface area (Å²) in [5.41, 5.74) is 0. The van der Waals surface area contributed by atoms with E-state index < -0.39 is 19.6 Å². The number of aliphatic carboxylic acids is 1. The minimum absolute atomic E-state index is 0.282. The van der Waals surface area contributed by atoms with Crippen molar-refractivity contribution in [2.24, 2.45) is 0 Å². The van der Waals surface area contributed by atoms with Crippen LogP contribution < -0.4 is 0 Å². The molecule has 0 bridgehead atoms. The SMILES string of the molecule is C=[P+](C)CC(O)C(=O)O. The third-order valence-corrected chi connectivity index (χ3v) is 1.74. The fourth-order valence-electron chi connectivity index (χ4n) is 0.373. The van der Waals surface area contributed by atoms with Gasteiger partial charge in [-0.3, -0.25) is 0 Å². The van der Waals surface area contributed by atoms with Crippen molar-refractivity contribution in [2.75, 3.05) is 12.8 Å². The molecule has 0 radical (unpaired) electrons. The van der Waals surface area contributed by atoms with E-state index in [1.54, 1.807) is 0 Å². The van der Waals surface area contributed by atoms with Crippen molar-refractivity contribution >= 4 is 19.8 Å². The maximum Gasteiger partial charge on any atom is 0.336 e. The molecule has 0 aliphatic carbocycles. The molecule has 0 fully saturated rings. The first kappa shape index (κ1) is 8.60. The van der Waals surface area contributed by atoms with Gasteiger partial charge < -0.3 is 10.2 Å². The number of carboxylic acid groups (broad SMARTS) is 1. The van der Waals surface area contributed by atoms with E-state index in [0.29, 0.717) is 0 Å². The van der Waals surface area contributed by atoms with Crippen molar-refractivity contribution in [2.45, 2.75) is 6.10 Å². The van der Waals surface area contributed by atoms with Crippen molar-refractivity contribution in [1.82, 2.24) is 0 Å². The Bertz CT molecular complexity index is 132. The predicted octanol–water partition coefficient (Wildman–Crippen LogP) is -0.0244. The highest BCUT2D eigenvalue weighted by molar-refractivity contribution is 7.55. The van der Waals surface area contributed by atoms with Gasteiger partial charge in [0.2, 0.25) is 0 Å². The Labute approximate surface area is 54.7 Å². The number of hydrogen-bond acceptors (Lipinski definition) is 2. The van der Waals surface area contributed by atoms with Crippen LogP contribution in [0.5, 0.6) is 0 Å². The first-order valence-corrected chi connectivity index (χ1v) is 4.62. The topological polar surface area (TPSA) is 57.5 Å². The summed E-state index contributed by atoms with van der Waals surface area (Å²) in [6.07, 6.45) is 2.66. The number of rotatable bonds is 3. The van der Waals surface area contributed by atoms with E-state index in [-0.39, 0.29) is 6.16 Å². The quantitative estimate of drug-likeness (QED) is 0.554. The summed E-state index contributed by atoms with van der Waals surface area (Å²) < 4.78 is 0. The van der Waals surface area contributed by atoms with Crippen LogP contribution >= 0.6 is 7.55 Å². The lowest BCUT2D eigenvalue weighted by Gasteiger charge is -1.95. The summed E-state index contributed by atoms with van der Waals surface area (Å²) in [5, 5.41) is 16.8. The molecule has 52 valence electrons. The lowest BCUT2D eigenvalue weighted by molar-refractivity contribution is -0.145. The van der Waals surface area contributed by atoms with Gasteiger partial charge in [-0.05, 0) is 0 Å². The maximum absolute atomic E-state index is 9.97. The van der Waals surface area contributed by atoms with Gasteiger partial charge in [-0.15, -0.1) is 0 Å². The van der Waals surface area contributed by atoms with Crippen LogP contribution in [-0.2, 0) is 4.79 Å². The molecule has 4 heteroatoms. The fourth-order valence-corrected chi connectivity index (χ4v) is 1.12. The number of carbonyl (C=O) groups is 1. The summed E-state index contributed by atoms with van der Waals surface area (Å²) in [6, 6.07) is 0. The van der Waals surface area contributed by atoms with E-state index in [1.807, 2.05) is 6.66 Å². The third-order valence-electron chi connectivity index (χ3n) is 0.770. The average Bonchev–Trinajstić information content (AvgIpc) is 1.63. The van der Waals surface area contributed by atoms with Gasteiger partial charge in [0.15, 0.2) is 6.10 Å². The van der Waals surface area contributed by atoms with Gasteiger partial charge in [0, 0.05) is 0 Å². The van der Waals surface area contributed by atoms with Crippen LogP contribution in [0.15, 0.2) is 0 Å². The molecule has 0 aromatic heterocycles. The van der Waals surface area contributed by atoms with E-state index in [9.17, 15) is 4.79 Å². The van der Waals surface area contributed by atoms with Crippen molar-refractivity contribution in [3.05, 3.63) is 0 Å². The lowest BCUT2D eigenvalue weighted by Crippen LogP contribution is -2.21. The van der Waals surface area contributed by atoms with E-state index in [1.165, 1.54) is 0 Å². The van der Waals surface area contributed by atoms with E-state index in [2.05, 4.69) is 6.30 Å². The van der Waals surface area contributed by atoms with Gasteiger partial charge in [-0.1, -0.05) is 0 Å². The largest absolute Gasteiger partial charge is 0.479 e. The zero-order valence-corrected chi connectivity index (χ0v) is 6.14. The third kappa shape index (κ3) is 4.13. The van der Waals surface area contributed by atoms with Gasteiger partial charge >= 0.3 is 5.97 Å². The fraction of sp³-hybridized carbons (Fsp3) is 0.600. The highest BCUT2D eigenvalue weighted by Gasteiger charge is 2.17. The molecule has 3 nitrogen and oxygen atoms in total. The molecule has 2 unspecified atom stereocenters. The Balaban J connectivity index is 3.63. The molecular formula is C5H10O3P+. The minimum atomic E-state index is -1.22. The lowest BCUT2D eigenvalue weighted by atomic mass is 10.4. The van der Waals surface area contributed by atoms with Crippen LogP contribution in [0, 0.1) is 0 Å². The average molecular weight is 149 g/mol. The zero-order valence-electron chi connectivity index (χ0n) is 5.24. The van der Waals surface area contributed by atoms with Crippen LogP contribution in [0.4, 0.5) is 0 Å². The molecule has 0 aliphatic heterocycles. The Morgan fingerprint density at radius 3 is 2.44 bits per heavy atom. The Kier molecular flexibility index (Phi) is 3.43. The minimum Gasteiger partial charge on any atom is -0.479 e. The second kappa shape index (κ2) is 3.59. The molecule has 0 spiro atoms. The van der Waals surface area contributed by atoms with Gasteiger partial charge in [-0.2, -0.15) is 0 Å². The van der Waals surface area contributed by atoms with Gasteiger partial charge in [0.25, 0.3) is 0 Å². The molecule has 0 saturated carbocycles. The normalized spacial score (nSPS) is 14.7. The Morgan fingerprint density at radius 2 is 2.33 bits per heavy atom. The highest BCUT2D eigenvalue weighted by atomic mass is 31.1. The van der Waals surface area contributed by atoms with E-state index in [0.717, 1.165) is 0 Å². The molecule has 9 heavy (non-hydrogen) atoms. The van der Waals surface area contributed by atoms with Crippen LogP contribution in [0.1, 0.15) is 0 Å². The standard InChI is InChI=1S/C5H9O3P/c1-9(2)3-4(6)5(7)8/h4,6H,1,3H2,2H3/p+1. The zero-order chi connectivity index (χ0) is 7.44. The maximum atomic E-state index is 9.97. The molecule has 0 rings (SSSR count). The van der Waals surface area contributed by atoms with Crippen molar-refractivity contribution in [3.8, 4) is 0 Å². The van der Waals surface area contributed by atoms with Crippen molar-refractivity contribution in [3.63, 3.8) is 0 Å². The number of carboxylic acids is 1. The van der Waals surface area contributed by atoms with Crippen LogP contribution in [0.25, 0.3) is 0 Å². The summed E-state index contributed by atoms with van der Waals surface area (Å²) in [6.45, 7) is 1.82.